The number of carbonyl (C=O) groups is 1. The summed E-state index contributed by atoms with van der Waals surface area (Å²) in [5.74, 6) is 1.51. The molecular weight excluding hydrogens is 234 g/mol. The Balaban J connectivity index is 2.32. The quantitative estimate of drug-likeness (QED) is 0.819. The number of benzene rings is 1. The molecule has 1 N–H and O–H groups in total. The van der Waals surface area contributed by atoms with Gasteiger partial charge in [-0.05, 0) is 30.9 Å². The normalized spacial score (nSPS) is 10.8. The van der Waals surface area contributed by atoms with Gasteiger partial charge in [0, 0.05) is 19.2 Å². The molecule has 0 radical (unpaired) electrons. The van der Waals surface area contributed by atoms with Crippen LogP contribution in [0.15, 0.2) is 18.2 Å². The van der Waals surface area contributed by atoms with Crippen molar-refractivity contribution in [1.82, 2.24) is 9.97 Å². The van der Waals surface area contributed by atoms with Crippen molar-refractivity contribution in [3.05, 3.63) is 24.0 Å². The monoisotopic (exact) mass is 249 g/mol. The van der Waals surface area contributed by atoms with Gasteiger partial charge in [-0.25, -0.2) is 4.98 Å². The van der Waals surface area contributed by atoms with E-state index in [-0.39, 0.29) is 5.91 Å². The molecule has 2 aromatic rings. The summed E-state index contributed by atoms with van der Waals surface area (Å²) in [7, 11) is 1.77. The van der Waals surface area contributed by atoms with Crippen LogP contribution < -0.4 is 4.90 Å². The molecule has 0 aliphatic heterocycles. The molecule has 1 aromatic heterocycles. The van der Waals surface area contributed by atoms with Crippen LogP contribution in [0.5, 0.6) is 0 Å². The summed E-state index contributed by atoms with van der Waals surface area (Å²) in [5.41, 5.74) is 2.74. The highest BCUT2D eigenvalue weighted by molar-refractivity contribution is 7.80. The number of H-pyrrole nitrogens is 1. The lowest BCUT2D eigenvalue weighted by molar-refractivity contribution is -0.117. The number of hydrogen-bond acceptors (Lipinski definition) is 3. The topological polar surface area (TPSA) is 49.0 Å². The van der Waals surface area contributed by atoms with Crippen molar-refractivity contribution in [2.75, 3.05) is 17.7 Å². The van der Waals surface area contributed by atoms with E-state index in [4.69, 9.17) is 0 Å². The number of rotatable bonds is 3. The molecule has 0 atom stereocenters. The van der Waals surface area contributed by atoms with Gasteiger partial charge in [0.25, 0.3) is 0 Å². The number of nitrogens with one attached hydrogen (secondary N) is 1. The van der Waals surface area contributed by atoms with Crippen molar-refractivity contribution in [3.63, 3.8) is 0 Å². The third-order valence-corrected chi connectivity index (χ3v) is 2.89. The third-order valence-electron chi connectivity index (χ3n) is 2.67. The van der Waals surface area contributed by atoms with Crippen LogP contribution in [0.3, 0.4) is 0 Å². The molecule has 90 valence electrons. The molecular formula is C12H15N3OS. The summed E-state index contributed by atoms with van der Waals surface area (Å²) >= 11 is 4.07. The summed E-state index contributed by atoms with van der Waals surface area (Å²) in [6.45, 7) is 1.91. The molecule has 0 unspecified atom stereocenters. The molecule has 5 heteroatoms. The first-order chi connectivity index (χ1) is 8.11. The van der Waals surface area contributed by atoms with Gasteiger partial charge in [0.15, 0.2) is 0 Å². The third kappa shape index (κ3) is 2.44. The van der Waals surface area contributed by atoms with Gasteiger partial charge in [0.1, 0.15) is 5.82 Å². The van der Waals surface area contributed by atoms with Crippen LogP contribution in [0.1, 0.15) is 12.2 Å². The van der Waals surface area contributed by atoms with Gasteiger partial charge in [-0.15, -0.1) is 0 Å². The molecule has 0 spiro atoms. The average molecular weight is 249 g/mol. The number of aromatic amines is 1. The number of aryl methyl sites for hydroxylation is 1. The smallest absolute Gasteiger partial charge is 0.227 e. The van der Waals surface area contributed by atoms with Crippen LogP contribution in [-0.4, -0.2) is 28.7 Å². The maximum atomic E-state index is 11.7. The summed E-state index contributed by atoms with van der Waals surface area (Å²) in [6, 6.07) is 5.75. The molecule has 1 heterocycles. The molecule has 0 saturated carbocycles. The maximum Gasteiger partial charge on any atom is 0.227 e. The zero-order valence-corrected chi connectivity index (χ0v) is 10.8. The summed E-state index contributed by atoms with van der Waals surface area (Å²) in [4.78, 5) is 20.9. The van der Waals surface area contributed by atoms with Gasteiger partial charge in [-0.2, -0.15) is 12.6 Å². The Hall–Kier alpha value is -1.49. The SMILES string of the molecule is Cc1nc2ccc(N(C)C(=O)CCS)cc2[nH]1. The summed E-state index contributed by atoms with van der Waals surface area (Å²) < 4.78 is 0. The Morgan fingerprint density at radius 3 is 3.00 bits per heavy atom. The lowest BCUT2D eigenvalue weighted by Crippen LogP contribution is -2.26. The molecule has 0 fully saturated rings. The zero-order valence-electron chi connectivity index (χ0n) is 9.90. The second-order valence-corrected chi connectivity index (χ2v) is 4.40. The highest BCUT2D eigenvalue weighted by Crippen LogP contribution is 2.20. The Labute approximate surface area is 105 Å². The maximum absolute atomic E-state index is 11.7. The average Bonchev–Trinajstić information content (AvgIpc) is 2.67. The lowest BCUT2D eigenvalue weighted by atomic mass is 10.2. The van der Waals surface area contributed by atoms with E-state index in [1.807, 2.05) is 25.1 Å². The number of carbonyl (C=O) groups excluding carboxylic acids is 1. The van der Waals surface area contributed by atoms with E-state index >= 15 is 0 Å². The number of thiol groups is 1. The van der Waals surface area contributed by atoms with E-state index < -0.39 is 0 Å². The first kappa shape index (κ1) is 12.0. The van der Waals surface area contributed by atoms with E-state index in [0.29, 0.717) is 12.2 Å². The fraction of sp³-hybridized carbons (Fsp3) is 0.333. The van der Waals surface area contributed by atoms with Gasteiger partial charge in [0.05, 0.1) is 11.0 Å². The van der Waals surface area contributed by atoms with Gasteiger partial charge in [-0.3, -0.25) is 4.79 Å². The fourth-order valence-electron chi connectivity index (χ4n) is 1.74. The predicted octanol–water partition coefficient (Wildman–Crippen LogP) is 2.15. The van der Waals surface area contributed by atoms with Gasteiger partial charge >= 0.3 is 0 Å². The van der Waals surface area contributed by atoms with Crippen LogP contribution in [-0.2, 0) is 4.79 Å². The molecule has 1 aromatic carbocycles. The predicted molar refractivity (Wildman–Crippen MR) is 72.7 cm³/mol. The van der Waals surface area contributed by atoms with E-state index in [0.717, 1.165) is 22.5 Å². The standard InChI is InChI=1S/C12H15N3OS/c1-8-13-10-4-3-9(7-11(10)14-8)15(2)12(16)5-6-17/h3-4,7,17H,5-6H2,1-2H3,(H,13,14). The molecule has 1 amide bonds. The largest absolute Gasteiger partial charge is 0.342 e. The van der Waals surface area contributed by atoms with Crippen molar-refractivity contribution in [3.8, 4) is 0 Å². The van der Waals surface area contributed by atoms with Gasteiger partial charge < -0.3 is 9.88 Å². The molecule has 0 bridgehead atoms. The number of hydrogen-bond donors (Lipinski definition) is 2. The van der Waals surface area contributed by atoms with Crippen LogP contribution in [0.25, 0.3) is 11.0 Å². The highest BCUT2D eigenvalue weighted by Gasteiger charge is 2.11. The van der Waals surface area contributed by atoms with Crippen LogP contribution in [0.4, 0.5) is 5.69 Å². The van der Waals surface area contributed by atoms with Crippen molar-refractivity contribution < 1.29 is 4.79 Å². The number of fused-ring (bicyclic) bond motifs is 1. The fourth-order valence-corrected chi connectivity index (χ4v) is 1.93. The van der Waals surface area contributed by atoms with E-state index in [9.17, 15) is 4.79 Å². The van der Waals surface area contributed by atoms with Gasteiger partial charge in [-0.1, -0.05) is 0 Å². The molecule has 2 rings (SSSR count). The number of nitrogens with zero attached hydrogens (tertiary/aromatic N) is 2. The van der Waals surface area contributed by atoms with Crippen molar-refractivity contribution in [2.24, 2.45) is 0 Å². The number of amides is 1. The van der Waals surface area contributed by atoms with E-state index in [1.165, 1.54) is 0 Å². The van der Waals surface area contributed by atoms with Crippen LogP contribution in [0.2, 0.25) is 0 Å². The Morgan fingerprint density at radius 1 is 1.53 bits per heavy atom. The zero-order chi connectivity index (χ0) is 12.4. The minimum atomic E-state index is 0.0654. The molecule has 0 saturated heterocycles. The summed E-state index contributed by atoms with van der Waals surface area (Å²) in [6.07, 6.45) is 0.444. The van der Waals surface area contributed by atoms with Crippen molar-refractivity contribution in [1.29, 1.82) is 0 Å². The minimum absolute atomic E-state index is 0.0654. The Kier molecular flexibility index (Phi) is 3.38. The molecule has 0 aliphatic carbocycles. The lowest BCUT2D eigenvalue weighted by Gasteiger charge is -2.16. The first-order valence-corrected chi connectivity index (χ1v) is 6.09. The van der Waals surface area contributed by atoms with Crippen LogP contribution >= 0.6 is 12.6 Å². The Bertz CT molecular complexity index is 550. The molecule has 4 nitrogen and oxygen atoms in total. The van der Waals surface area contributed by atoms with Gasteiger partial charge in [0.2, 0.25) is 5.91 Å². The Morgan fingerprint density at radius 2 is 2.29 bits per heavy atom. The number of imidazole rings is 1. The minimum Gasteiger partial charge on any atom is -0.342 e. The second kappa shape index (κ2) is 4.79. The van der Waals surface area contributed by atoms with E-state index in [1.54, 1.807) is 11.9 Å². The van der Waals surface area contributed by atoms with E-state index in [2.05, 4.69) is 22.6 Å². The number of anilines is 1. The summed E-state index contributed by atoms with van der Waals surface area (Å²) in [5, 5.41) is 0. The molecule has 0 aliphatic rings. The molecule has 17 heavy (non-hydrogen) atoms. The van der Waals surface area contributed by atoms with Crippen molar-refractivity contribution in [2.45, 2.75) is 13.3 Å². The highest BCUT2D eigenvalue weighted by atomic mass is 32.1. The van der Waals surface area contributed by atoms with Crippen molar-refractivity contribution >= 4 is 35.3 Å². The van der Waals surface area contributed by atoms with Crippen LogP contribution in [0, 0.1) is 6.92 Å². The number of aromatic nitrogens is 2. The first-order valence-electron chi connectivity index (χ1n) is 5.45. The second-order valence-electron chi connectivity index (χ2n) is 3.95.